The fourth-order valence-electron chi connectivity index (χ4n) is 0.691. The van der Waals surface area contributed by atoms with Crippen molar-refractivity contribution < 1.29 is 0 Å². The SMILES string of the molecule is C=C/C=C(/NN)C(C)/C=C\S. The van der Waals surface area contributed by atoms with Crippen LogP contribution in [0.5, 0.6) is 0 Å². The fourth-order valence-corrected chi connectivity index (χ4v) is 0.949. The van der Waals surface area contributed by atoms with Gasteiger partial charge in [0.05, 0.1) is 0 Å². The first-order valence-electron chi connectivity index (χ1n) is 3.36. The highest BCUT2D eigenvalue weighted by Gasteiger charge is 2.00. The second kappa shape index (κ2) is 6.07. The van der Waals surface area contributed by atoms with Crippen LogP contribution < -0.4 is 11.3 Å². The number of hydrogen-bond acceptors (Lipinski definition) is 3. The van der Waals surface area contributed by atoms with Crippen molar-refractivity contribution >= 4 is 12.6 Å². The second-order valence-corrected chi connectivity index (χ2v) is 2.43. The molecule has 0 aromatic heterocycles. The van der Waals surface area contributed by atoms with Crippen molar-refractivity contribution in [2.75, 3.05) is 0 Å². The Morgan fingerprint density at radius 1 is 1.73 bits per heavy atom. The lowest BCUT2D eigenvalue weighted by atomic mass is 10.1. The van der Waals surface area contributed by atoms with E-state index in [9.17, 15) is 0 Å². The lowest BCUT2D eigenvalue weighted by Gasteiger charge is -2.09. The summed E-state index contributed by atoms with van der Waals surface area (Å²) in [7, 11) is 0. The van der Waals surface area contributed by atoms with E-state index in [0.717, 1.165) is 5.70 Å². The van der Waals surface area contributed by atoms with Gasteiger partial charge in [-0.05, 0) is 11.5 Å². The maximum atomic E-state index is 5.27. The highest BCUT2D eigenvalue weighted by atomic mass is 32.1. The minimum atomic E-state index is 0.246. The average Bonchev–Trinajstić information content (AvgIpc) is 2.00. The Labute approximate surface area is 73.2 Å². The summed E-state index contributed by atoms with van der Waals surface area (Å²) in [4.78, 5) is 0. The van der Waals surface area contributed by atoms with E-state index in [-0.39, 0.29) is 5.92 Å². The number of hydrazine groups is 1. The second-order valence-electron chi connectivity index (χ2n) is 2.13. The summed E-state index contributed by atoms with van der Waals surface area (Å²) in [5.74, 6) is 5.51. The molecule has 3 heteroatoms. The third kappa shape index (κ3) is 3.91. The van der Waals surface area contributed by atoms with Gasteiger partial charge in [0.1, 0.15) is 0 Å². The van der Waals surface area contributed by atoms with Gasteiger partial charge in [0.15, 0.2) is 0 Å². The van der Waals surface area contributed by atoms with E-state index in [1.54, 1.807) is 11.5 Å². The van der Waals surface area contributed by atoms with Crippen LogP contribution in [0.1, 0.15) is 6.92 Å². The number of nitrogens with two attached hydrogens (primary N) is 1. The molecule has 0 amide bonds. The maximum absolute atomic E-state index is 5.27. The van der Waals surface area contributed by atoms with E-state index in [1.165, 1.54) is 0 Å². The molecule has 1 atom stereocenters. The summed E-state index contributed by atoms with van der Waals surface area (Å²) in [5, 5.41) is 1.69. The highest BCUT2D eigenvalue weighted by Crippen LogP contribution is 2.08. The Kier molecular flexibility index (Phi) is 5.70. The Morgan fingerprint density at radius 3 is 2.73 bits per heavy atom. The van der Waals surface area contributed by atoms with Crippen LogP contribution in [0.4, 0.5) is 0 Å². The molecule has 0 aromatic rings. The summed E-state index contributed by atoms with van der Waals surface area (Å²) in [6.07, 6.45) is 5.45. The minimum Gasteiger partial charge on any atom is -0.328 e. The Morgan fingerprint density at radius 2 is 2.36 bits per heavy atom. The Balaban J connectivity index is 4.24. The molecule has 3 N–H and O–H groups in total. The lowest BCUT2D eigenvalue weighted by Crippen LogP contribution is -2.24. The molecule has 0 bridgehead atoms. The average molecular weight is 170 g/mol. The van der Waals surface area contributed by atoms with Gasteiger partial charge in [0.25, 0.3) is 0 Å². The number of thiol groups is 1. The predicted octanol–water partition coefficient (Wildman–Crippen LogP) is 1.60. The van der Waals surface area contributed by atoms with Crippen molar-refractivity contribution in [3.63, 3.8) is 0 Å². The summed E-state index contributed by atoms with van der Waals surface area (Å²) in [6, 6.07) is 0. The van der Waals surface area contributed by atoms with Crippen LogP contribution >= 0.6 is 12.6 Å². The van der Waals surface area contributed by atoms with Crippen LogP contribution in [0.25, 0.3) is 0 Å². The normalized spacial score (nSPS) is 15.0. The van der Waals surface area contributed by atoms with Crippen LogP contribution in [0.15, 0.2) is 35.9 Å². The van der Waals surface area contributed by atoms with Gasteiger partial charge in [-0.2, -0.15) is 12.6 Å². The third-order valence-corrected chi connectivity index (χ3v) is 1.50. The van der Waals surface area contributed by atoms with Gasteiger partial charge in [-0.25, -0.2) is 0 Å². The molecule has 0 aliphatic heterocycles. The van der Waals surface area contributed by atoms with Gasteiger partial charge in [0, 0.05) is 11.6 Å². The van der Waals surface area contributed by atoms with Gasteiger partial charge in [-0.3, -0.25) is 5.84 Å². The zero-order valence-corrected chi connectivity index (χ0v) is 7.51. The molecular weight excluding hydrogens is 156 g/mol. The van der Waals surface area contributed by atoms with Gasteiger partial charge < -0.3 is 5.43 Å². The van der Waals surface area contributed by atoms with Crippen molar-refractivity contribution in [1.82, 2.24) is 5.43 Å². The van der Waals surface area contributed by atoms with Crippen molar-refractivity contribution in [2.24, 2.45) is 11.8 Å². The molecule has 11 heavy (non-hydrogen) atoms. The molecular formula is C8H14N2S. The van der Waals surface area contributed by atoms with E-state index in [1.807, 2.05) is 19.1 Å². The quantitative estimate of drug-likeness (QED) is 0.259. The molecule has 0 rings (SSSR count). The van der Waals surface area contributed by atoms with Crippen LogP contribution in [0.3, 0.4) is 0 Å². The standard InChI is InChI=1S/C8H14N2S/c1-3-4-8(10-9)7(2)5-6-11/h3-7,10-11H,1,9H2,2H3/b6-5-,8-4+. The van der Waals surface area contributed by atoms with Gasteiger partial charge >= 0.3 is 0 Å². The first-order valence-corrected chi connectivity index (χ1v) is 3.88. The number of rotatable bonds is 4. The predicted molar refractivity (Wildman–Crippen MR) is 52.9 cm³/mol. The largest absolute Gasteiger partial charge is 0.328 e. The van der Waals surface area contributed by atoms with Gasteiger partial charge in [0.2, 0.25) is 0 Å². The molecule has 0 radical (unpaired) electrons. The zero-order valence-electron chi connectivity index (χ0n) is 6.62. The van der Waals surface area contributed by atoms with E-state index in [2.05, 4.69) is 24.6 Å². The molecule has 0 spiro atoms. The van der Waals surface area contributed by atoms with Crippen LogP contribution in [-0.2, 0) is 0 Å². The van der Waals surface area contributed by atoms with Crippen molar-refractivity contribution in [1.29, 1.82) is 0 Å². The summed E-state index contributed by atoms with van der Waals surface area (Å²) in [5.41, 5.74) is 3.51. The summed E-state index contributed by atoms with van der Waals surface area (Å²) < 4.78 is 0. The molecule has 0 aromatic carbocycles. The molecule has 0 saturated carbocycles. The first kappa shape index (κ1) is 10.3. The first-order chi connectivity index (χ1) is 5.26. The zero-order chi connectivity index (χ0) is 8.69. The lowest BCUT2D eigenvalue weighted by molar-refractivity contribution is 0.728. The van der Waals surface area contributed by atoms with Crippen LogP contribution in [0.2, 0.25) is 0 Å². The molecule has 0 fully saturated rings. The maximum Gasteiger partial charge on any atom is 0.0325 e. The highest BCUT2D eigenvalue weighted by molar-refractivity contribution is 7.83. The minimum absolute atomic E-state index is 0.246. The Bertz CT molecular complexity index is 173. The van der Waals surface area contributed by atoms with Crippen molar-refractivity contribution in [3.05, 3.63) is 35.9 Å². The number of allylic oxidation sites excluding steroid dienone is 3. The van der Waals surface area contributed by atoms with E-state index in [4.69, 9.17) is 5.84 Å². The van der Waals surface area contributed by atoms with E-state index < -0.39 is 0 Å². The number of nitrogens with one attached hydrogen (secondary N) is 1. The Hall–Kier alpha value is -0.670. The van der Waals surface area contributed by atoms with E-state index in [0.29, 0.717) is 0 Å². The monoisotopic (exact) mass is 170 g/mol. The van der Waals surface area contributed by atoms with Crippen molar-refractivity contribution in [2.45, 2.75) is 6.92 Å². The van der Waals surface area contributed by atoms with Crippen molar-refractivity contribution in [3.8, 4) is 0 Å². The molecule has 0 aliphatic rings. The molecule has 0 aliphatic carbocycles. The van der Waals surface area contributed by atoms with Gasteiger partial charge in [-0.15, -0.1) is 0 Å². The van der Waals surface area contributed by atoms with Gasteiger partial charge in [-0.1, -0.05) is 25.7 Å². The topological polar surface area (TPSA) is 38.0 Å². The summed E-state index contributed by atoms with van der Waals surface area (Å²) >= 11 is 3.96. The summed E-state index contributed by atoms with van der Waals surface area (Å²) in [6.45, 7) is 5.59. The van der Waals surface area contributed by atoms with Crippen LogP contribution in [-0.4, -0.2) is 0 Å². The molecule has 1 unspecified atom stereocenters. The number of hydrogen-bond donors (Lipinski definition) is 3. The van der Waals surface area contributed by atoms with Crippen LogP contribution in [0, 0.1) is 5.92 Å². The molecule has 0 saturated heterocycles. The third-order valence-electron chi connectivity index (χ3n) is 1.33. The van der Waals surface area contributed by atoms with E-state index >= 15 is 0 Å². The smallest absolute Gasteiger partial charge is 0.0325 e. The molecule has 2 nitrogen and oxygen atoms in total. The fraction of sp³-hybridized carbons (Fsp3) is 0.250. The molecule has 62 valence electrons. The molecule has 0 heterocycles.